The summed E-state index contributed by atoms with van der Waals surface area (Å²) in [5.41, 5.74) is 6.89. The van der Waals surface area contributed by atoms with Gasteiger partial charge in [-0.2, -0.15) is 0 Å². The molecule has 0 spiro atoms. The smallest absolute Gasteiger partial charge is 0.110 e. The molecule has 0 aliphatic heterocycles. The van der Waals surface area contributed by atoms with Gasteiger partial charge in [0.25, 0.3) is 0 Å². The Morgan fingerprint density at radius 1 is 1.32 bits per heavy atom. The molecule has 0 aliphatic rings. The number of halogens is 2. The highest BCUT2D eigenvalue weighted by Crippen LogP contribution is 2.25. The molecule has 1 aromatic heterocycles. The summed E-state index contributed by atoms with van der Waals surface area (Å²) in [6, 6.07) is 5.66. The Kier molecular flexibility index (Phi) is 4.86. The van der Waals surface area contributed by atoms with E-state index in [9.17, 15) is 0 Å². The summed E-state index contributed by atoms with van der Waals surface area (Å²) >= 11 is 12.4. The number of imidazole rings is 1. The Morgan fingerprint density at radius 3 is 2.63 bits per heavy atom. The fourth-order valence-electron chi connectivity index (χ4n) is 1.91. The zero-order valence-corrected chi connectivity index (χ0v) is 12.3. The van der Waals surface area contributed by atoms with Crippen molar-refractivity contribution in [1.82, 2.24) is 9.55 Å². The van der Waals surface area contributed by atoms with E-state index >= 15 is 0 Å². The molecule has 1 atom stereocenters. The second-order valence-electron chi connectivity index (χ2n) is 4.54. The van der Waals surface area contributed by atoms with Crippen LogP contribution in [0.4, 0.5) is 0 Å². The first kappa shape index (κ1) is 14.4. The molecule has 3 nitrogen and oxygen atoms in total. The van der Waals surface area contributed by atoms with E-state index in [4.69, 9.17) is 28.9 Å². The number of hydrogen-bond acceptors (Lipinski definition) is 2. The molecule has 2 aromatic rings. The summed E-state index contributed by atoms with van der Waals surface area (Å²) in [7, 11) is 0. The fraction of sp³-hybridized carbons (Fsp3) is 0.357. The van der Waals surface area contributed by atoms with E-state index in [-0.39, 0.29) is 6.04 Å². The van der Waals surface area contributed by atoms with Gasteiger partial charge in [0, 0.05) is 40.5 Å². The third kappa shape index (κ3) is 3.50. The maximum absolute atomic E-state index is 6.19. The van der Waals surface area contributed by atoms with Crippen LogP contribution in [0.3, 0.4) is 0 Å². The summed E-state index contributed by atoms with van der Waals surface area (Å²) in [5.74, 6) is 0.963. The average Bonchev–Trinajstić information content (AvgIpc) is 2.81. The van der Waals surface area contributed by atoms with E-state index in [0.29, 0.717) is 16.6 Å². The molecule has 0 amide bonds. The normalized spacial score (nSPS) is 12.6. The fourth-order valence-corrected chi connectivity index (χ4v) is 2.42. The van der Waals surface area contributed by atoms with Crippen LogP contribution < -0.4 is 5.73 Å². The molecule has 19 heavy (non-hydrogen) atoms. The second-order valence-corrected chi connectivity index (χ2v) is 5.36. The van der Waals surface area contributed by atoms with Crippen LogP contribution in [-0.4, -0.2) is 15.6 Å². The van der Waals surface area contributed by atoms with Gasteiger partial charge in [-0.3, -0.25) is 0 Å². The van der Waals surface area contributed by atoms with Crippen molar-refractivity contribution in [3.63, 3.8) is 0 Å². The number of aromatic nitrogens is 2. The van der Waals surface area contributed by atoms with Crippen molar-refractivity contribution in [3.05, 3.63) is 52.0 Å². The lowest BCUT2D eigenvalue weighted by atomic mass is 10.1. The standard InChI is InChI=1S/C14H17Cl2N3/c1-2-10(17)8-14-18-6-7-19(14)9-11-12(15)4-3-5-13(11)16/h3-7,10H,2,8-9,17H2,1H3. The molecule has 1 unspecified atom stereocenters. The zero-order chi connectivity index (χ0) is 13.8. The predicted octanol–water partition coefficient (Wildman–Crippen LogP) is 3.52. The molecule has 0 fully saturated rings. The Hall–Kier alpha value is -1.03. The van der Waals surface area contributed by atoms with Gasteiger partial charge in [0.05, 0.1) is 6.54 Å². The molecule has 1 aromatic carbocycles. The molecule has 0 bridgehead atoms. The van der Waals surface area contributed by atoms with Crippen LogP contribution in [0.5, 0.6) is 0 Å². The van der Waals surface area contributed by atoms with Gasteiger partial charge < -0.3 is 10.3 Å². The van der Waals surface area contributed by atoms with Gasteiger partial charge in [0.15, 0.2) is 0 Å². The van der Waals surface area contributed by atoms with Crippen LogP contribution in [0, 0.1) is 0 Å². The monoisotopic (exact) mass is 297 g/mol. The first-order chi connectivity index (χ1) is 9.11. The Morgan fingerprint density at radius 2 is 2.00 bits per heavy atom. The van der Waals surface area contributed by atoms with Gasteiger partial charge >= 0.3 is 0 Å². The molecule has 102 valence electrons. The van der Waals surface area contributed by atoms with Crippen LogP contribution in [0.15, 0.2) is 30.6 Å². The summed E-state index contributed by atoms with van der Waals surface area (Å²) < 4.78 is 2.04. The SMILES string of the molecule is CCC(N)Cc1nccn1Cc1c(Cl)cccc1Cl. The molecule has 0 saturated heterocycles. The molecular weight excluding hydrogens is 281 g/mol. The van der Waals surface area contributed by atoms with Crippen molar-refractivity contribution in [3.8, 4) is 0 Å². The molecule has 0 radical (unpaired) electrons. The predicted molar refractivity (Wildman–Crippen MR) is 79.8 cm³/mol. The van der Waals surface area contributed by atoms with Gasteiger partial charge in [0.1, 0.15) is 5.82 Å². The summed E-state index contributed by atoms with van der Waals surface area (Å²) in [6.07, 6.45) is 5.39. The van der Waals surface area contributed by atoms with Gasteiger partial charge in [-0.25, -0.2) is 4.98 Å². The molecule has 0 saturated carbocycles. The van der Waals surface area contributed by atoms with Crippen molar-refractivity contribution >= 4 is 23.2 Å². The molecule has 2 N–H and O–H groups in total. The van der Waals surface area contributed by atoms with Crippen LogP contribution >= 0.6 is 23.2 Å². The van der Waals surface area contributed by atoms with Gasteiger partial charge in [-0.1, -0.05) is 36.2 Å². The lowest BCUT2D eigenvalue weighted by Crippen LogP contribution is -2.23. The number of rotatable bonds is 5. The Labute approximate surface area is 123 Å². The van der Waals surface area contributed by atoms with Gasteiger partial charge in [-0.05, 0) is 18.6 Å². The minimum Gasteiger partial charge on any atom is -0.330 e. The van der Waals surface area contributed by atoms with Crippen molar-refractivity contribution in [1.29, 1.82) is 0 Å². The molecule has 2 rings (SSSR count). The summed E-state index contributed by atoms with van der Waals surface area (Å²) in [4.78, 5) is 4.36. The quantitative estimate of drug-likeness (QED) is 0.918. The van der Waals surface area contributed by atoms with Gasteiger partial charge in [0.2, 0.25) is 0 Å². The maximum atomic E-state index is 6.19. The zero-order valence-electron chi connectivity index (χ0n) is 10.8. The number of benzene rings is 1. The van der Waals surface area contributed by atoms with Gasteiger partial charge in [-0.15, -0.1) is 0 Å². The first-order valence-electron chi connectivity index (χ1n) is 6.30. The van der Waals surface area contributed by atoms with Crippen LogP contribution in [-0.2, 0) is 13.0 Å². The van der Waals surface area contributed by atoms with Crippen molar-refractivity contribution < 1.29 is 0 Å². The van der Waals surface area contributed by atoms with Crippen LogP contribution in [0.2, 0.25) is 10.0 Å². The van der Waals surface area contributed by atoms with E-state index in [2.05, 4.69) is 11.9 Å². The maximum Gasteiger partial charge on any atom is 0.110 e. The lowest BCUT2D eigenvalue weighted by molar-refractivity contribution is 0.597. The number of hydrogen-bond donors (Lipinski definition) is 1. The lowest BCUT2D eigenvalue weighted by Gasteiger charge is -2.13. The third-order valence-electron chi connectivity index (χ3n) is 3.16. The Bertz CT molecular complexity index is 531. The van der Waals surface area contributed by atoms with E-state index in [0.717, 1.165) is 24.2 Å². The molecule has 1 heterocycles. The molecular formula is C14H17Cl2N3. The van der Waals surface area contributed by atoms with E-state index in [1.807, 2.05) is 29.0 Å². The second kappa shape index (κ2) is 6.42. The molecule has 0 aliphatic carbocycles. The first-order valence-corrected chi connectivity index (χ1v) is 7.06. The van der Waals surface area contributed by atoms with Crippen LogP contribution in [0.25, 0.3) is 0 Å². The van der Waals surface area contributed by atoms with E-state index in [1.54, 1.807) is 6.20 Å². The Balaban J connectivity index is 2.22. The van der Waals surface area contributed by atoms with Crippen LogP contribution in [0.1, 0.15) is 24.7 Å². The summed E-state index contributed by atoms with van der Waals surface area (Å²) in [6.45, 7) is 2.69. The van der Waals surface area contributed by atoms with E-state index < -0.39 is 0 Å². The van der Waals surface area contributed by atoms with Crippen molar-refractivity contribution in [2.24, 2.45) is 5.73 Å². The molecule has 5 heteroatoms. The minimum atomic E-state index is 0.128. The highest BCUT2D eigenvalue weighted by Gasteiger charge is 2.11. The third-order valence-corrected chi connectivity index (χ3v) is 3.87. The highest BCUT2D eigenvalue weighted by molar-refractivity contribution is 6.35. The van der Waals surface area contributed by atoms with Crippen molar-refractivity contribution in [2.75, 3.05) is 0 Å². The number of nitrogens with two attached hydrogens (primary N) is 1. The summed E-state index contributed by atoms with van der Waals surface area (Å²) in [5, 5.41) is 1.35. The van der Waals surface area contributed by atoms with Crippen molar-refractivity contribution in [2.45, 2.75) is 32.4 Å². The van der Waals surface area contributed by atoms with E-state index in [1.165, 1.54) is 0 Å². The number of nitrogens with zero attached hydrogens (tertiary/aromatic N) is 2. The average molecular weight is 298 g/mol. The highest BCUT2D eigenvalue weighted by atomic mass is 35.5. The largest absolute Gasteiger partial charge is 0.330 e. The topological polar surface area (TPSA) is 43.8 Å². The minimum absolute atomic E-state index is 0.128.